The van der Waals surface area contributed by atoms with Gasteiger partial charge in [-0.1, -0.05) is 45.0 Å². The Kier molecular flexibility index (Phi) is 8.79. The predicted octanol–water partition coefficient (Wildman–Crippen LogP) is 4.18. The molecule has 1 aliphatic heterocycles. The van der Waals surface area contributed by atoms with Crippen molar-refractivity contribution < 1.29 is 4.79 Å². The zero-order valence-corrected chi connectivity index (χ0v) is 16.4. The average molecular weight is 353 g/mol. The first-order valence-electron chi connectivity index (χ1n) is 9.03. The van der Waals surface area contributed by atoms with E-state index in [0.29, 0.717) is 24.2 Å². The molecule has 1 heterocycles. The molecule has 0 bridgehead atoms. The summed E-state index contributed by atoms with van der Waals surface area (Å²) in [7, 11) is 2.00. The maximum Gasteiger partial charge on any atom is 0.223 e. The highest BCUT2D eigenvalue weighted by molar-refractivity contribution is 5.85. The van der Waals surface area contributed by atoms with E-state index in [1.807, 2.05) is 7.05 Å². The highest BCUT2D eigenvalue weighted by Gasteiger charge is 2.23. The minimum absolute atomic E-state index is 0. The van der Waals surface area contributed by atoms with E-state index in [1.165, 1.54) is 11.1 Å². The van der Waals surface area contributed by atoms with Crippen molar-refractivity contribution in [1.82, 2.24) is 10.2 Å². The maximum atomic E-state index is 12.5. The molecule has 1 fully saturated rings. The lowest BCUT2D eigenvalue weighted by molar-refractivity contribution is -0.132. The van der Waals surface area contributed by atoms with Crippen LogP contribution >= 0.6 is 12.4 Å². The standard InChI is InChI=1S/C20H32N2O.ClH/c1-15(2)18-5-7-19(8-6-18)16(3)13-20(23)22-11-9-17(10-12-22)14-21-4;/h5-8,15-17,21H,9-14H2,1-4H3;1H. The van der Waals surface area contributed by atoms with E-state index in [2.05, 4.69) is 55.3 Å². The van der Waals surface area contributed by atoms with Crippen LogP contribution in [0.5, 0.6) is 0 Å². The summed E-state index contributed by atoms with van der Waals surface area (Å²) in [5.41, 5.74) is 2.63. The molecule has 24 heavy (non-hydrogen) atoms. The molecule has 0 spiro atoms. The smallest absolute Gasteiger partial charge is 0.223 e. The highest BCUT2D eigenvalue weighted by atomic mass is 35.5. The van der Waals surface area contributed by atoms with Crippen LogP contribution in [0.1, 0.15) is 63.0 Å². The van der Waals surface area contributed by atoms with Crippen molar-refractivity contribution in [3.63, 3.8) is 0 Å². The summed E-state index contributed by atoms with van der Waals surface area (Å²) in [6.07, 6.45) is 2.88. The van der Waals surface area contributed by atoms with Crippen LogP contribution in [0, 0.1) is 5.92 Å². The molecule has 3 nitrogen and oxygen atoms in total. The van der Waals surface area contributed by atoms with Gasteiger partial charge in [0.1, 0.15) is 0 Å². The Morgan fingerprint density at radius 2 is 1.67 bits per heavy atom. The number of rotatable bonds is 6. The molecular weight excluding hydrogens is 320 g/mol. The quantitative estimate of drug-likeness (QED) is 0.832. The van der Waals surface area contributed by atoms with Gasteiger partial charge in [-0.3, -0.25) is 4.79 Å². The Balaban J connectivity index is 0.00000288. The van der Waals surface area contributed by atoms with E-state index in [1.54, 1.807) is 0 Å². The zero-order valence-electron chi connectivity index (χ0n) is 15.5. The van der Waals surface area contributed by atoms with Gasteiger partial charge in [-0.05, 0) is 55.3 Å². The number of hydrogen-bond acceptors (Lipinski definition) is 2. The molecule has 1 aromatic carbocycles. The number of likely N-dealkylation sites (tertiary alicyclic amines) is 1. The second kappa shape index (κ2) is 10.0. The fourth-order valence-electron chi connectivity index (χ4n) is 3.39. The average Bonchev–Trinajstić information content (AvgIpc) is 2.55. The first-order valence-corrected chi connectivity index (χ1v) is 9.03. The third-order valence-corrected chi connectivity index (χ3v) is 5.11. The van der Waals surface area contributed by atoms with Crippen LogP contribution in [-0.4, -0.2) is 37.5 Å². The van der Waals surface area contributed by atoms with Crippen molar-refractivity contribution >= 4 is 18.3 Å². The van der Waals surface area contributed by atoms with Gasteiger partial charge < -0.3 is 10.2 Å². The predicted molar refractivity (Wildman–Crippen MR) is 104 cm³/mol. The van der Waals surface area contributed by atoms with Gasteiger partial charge in [0.15, 0.2) is 0 Å². The summed E-state index contributed by atoms with van der Waals surface area (Å²) in [4.78, 5) is 14.6. The first-order chi connectivity index (χ1) is 11.0. The number of nitrogens with one attached hydrogen (secondary N) is 1. The third kappa shape index (κ3) is 5.78. The van der Waals surface area contributed by atoms with E-state index in [0.717, 1.165) is 38.4 Å². The molecule has 1 aromatic rings. The van der Waals surface area contributed by atoms with Gasteiger partial charge in [-0.2, -0.15) is 0 Å². The van der Waals surface area contributed by atoms with Gasteiger partial charge in [0.05, 0.1) is 0 Å². The Hall–Kier alpha value is -1.06. The van der Waals surface area contributed by atoms with Crippen molar-refractivity contribution in [2.24, 2.45) is 5.92 Å². The summed E-state index contributed by atoms with van der Waals surface area (Å²) < 4.78 is 0. The van der Waals surface area contributed by atoms with Crippen molar-refractivity contribution in [3.05, 3.63) is 35.4 Å². The fraction of sp³-hybridized carbons (Fsp3) is 0.650. The van der Waals surface area contributed by atoms with Crippen molar-refractivity contribution in [2.45, 2.75) is 51.9 Å². The Bertz CT molecular complexity index is 493. The lowest BCUT2D eigenvalue weighted by atomic mass is 9.92. The van der Waals surface area contributed by atoms with E-state index in [4.69, 9.17) is 0 Å². The number of carbonyl (C=O) groups excluding carboxylic acids is 1. The van der Waals surface area contributed by atoms with Gasteiger partial charge in [0, 0.05) is 19.5 Å². The lowest BCUT2D eigenvalue weighted by Gasteiger charge is -2.32. The Morgan fingerprint density at radius 3 is 2.17 bits per heavy atom. The van der Waals surface area contributed by atoms with Gasteiger partial charge in [0.25, 0.3) is 0 Å². The summed E-state index contributed by atoms with van der Waals surface area (Å²) in [5, 5.41) is 3.24. The molecule has 1 aliphatic rings. The number of amides is 1. The van der Waals surface area contributed by atoms with Gasteiger partial charge in [-0.15, -0.1) is 12.4 Å². The molecule has 1 atom stereocenters. The van der Waals surface area contributed by atoms with Crippen LogP contribution in [0.2, 0.25) is 0 Å². The van der Waals surface area contributed by atoms with E-state index < -0.39 is 0 Å². The van der Waals surface area contributed by atoms with Crippen LogP contribution in [0.15, 0.2) is 24.3 Å². The molecule has 1 unspecified atom stereocenters. The number of piperidine rings is 1. The van der Waals surface area contributed by atoms with Crippen LogP contribution < -0.4 is 5.32 Å². The van der Waals surface area contributed by atoms with Crippen LogP contribution in [0.25, 0.3) is 0 Å². The lowest BCUT2D eigenvalue weighted by Crippen LogP contribution is -2.40. The number of nitrogens with zero attached hydrogens (tertiary/aromatic N) is 1. The SMILES string of the molecule is CNCC1CCN(C(=O)CC(C)c2ccc(C(C)C)cc2)CC1.Cl. The fourth-order valence-corrected chi connectivity index (χ4v) is 3.39. The van der Waals surface area contributed by atoms with Gasteiger partial charge >= 0.3 is 0 Å². The summed E-state index contributed by atoms with van der Waals surface area (Å²) in [6.45, 7) is 9.49. The molecule has 4 heteroatoms. The summed E-state index contributed by atoms with van der Waals surface area (Å²) in [6, 6.07) is 8.77. The number of halogens is 1. The third-order valence-electron chi connectivity index (χ3n) is 5.11. The normalized spacial score (nSPS) is 16.8. The molecule has 136 valence electrons. The monoisotopic (exact) mass is 352 g/mol. The minimum Gasteiger partial charge on any atom is -0.343 e. The molecule has 1 saturated heterocycles. The largest absolute Gasteiger partial charge is 0.343 e. The van der Waals surface area contributed by atoms with Crippen LogP contribution in [0.3, 0.4) is 0 Å². The number of carbonyl (C=O) groups is 1. The minimum atomic E-state index is 0. The topological polar surface area (TPSA) is 32.3 Å². The summed E-state index contributed by atoms with van der Waals surface area (Å²) >= 11 is 0. The molecule has 1 amide bonds. The highest BCUT2D eigenvalue weighted by Crippen LogP contribution is 2.24. The Labute approximate surface area is 153 Å². The number of hydrogen-bond donors (Lipinski definition) is 1. The molecule has 0 saturated carbocycles. The van der Waals surface area contributed by atoms with Gasteiger partial charge in [0.2, 0.25) is 5.91 Å². The molecule has 1 N–H and O–H groups in total. The molecule has 0 aromatic heterocycles. The van der Waals surface area contributed by atoms with Crippen molar-refractivity contribution in [3.8, 4) is 0 Å². The second-order valence-electron chi connectivity index (χ2n) is 7.31. The van der Waals surface area contributed by atoms with Crippen molar-refractivity contribution in [1.29, 1.82) is 0 Å². The first kappa shape index (κ1) is 21.0. The number of benzene rings is 1. The van der Waals surface area contributed by atoms with E-state index >= 15 is 0 Å². The zero-order chi connectivity index (χ0) is 16.8. The molecule has 0 aliphatic carbocycles. The molecule has 0 radical (unpaired) electrons. The summed E-state index contributed by atoms with van der Waals surface area (Å²) in [5.74, 6) is 1.89. The molecule has 2 rings (SSSR count). The Morgan fingerprint density at radius 1 is 1.12 bits per heavy atom. The van der Waals surface area contributed by atoms with Crippen molar-refractivity contribution in [2.75, 3.05) is 26.7 Å². The van der Waals surface area contributed by atoms with Crippen LogP contribution in [0.4, 0.5) is 0 Å². The van der Waals surface area contributed by atoms with E-state index in [9.17, 15) is 4.79 Å². The second-order valence-corrected chi connectivity index (χ2v) is 7.31. The van der Waals surface area contributed by atoms with Gasteiger partial charge in [-0.25, -0.2) is 0 Å². The van der Waals surface area contributed by atoms with Crippen LogP contribution in [-0.2, 0) is 4.79 Å². The van der Waals surface area contributed by atoms with E-state index in [-0.39, 0.29) is 12.4 Å². The molecular formula is C20H33ClN2O. The maximum absolute atomic E-state index is 12.5.